The van der Waals surface area contributed by atoms with E-state index in [0.717, 1.165) is 16.5 Å². The van der Waals surface area contributed by atoms with Crippen LogP contribution in [0.3, 0.4) is 0 Å². The average Bonchev–Trinajstić information content (AvgIpc) is 3.51. The first-order chi connectivity index (χ1) is 20.1. The maximum atomic E-state index is 14.1. The quantitative estimate of drug-likeness (QED) is 0.255. The summed E-state index contributed by atoms with van der Waals surface area (Å²) in [6, 6.07) is 13.6. The van der Waals surface area contributed by atoms with E-state index in [9.17, 15) is 14.0 Å². The summed E-state index contributed by atoms with van der Waals surface area (Å²) in [5.41, 5.74) is 1.67. The lowest BCUT2D eigenvalue weighted by Crippen LogP contribution is -2.52. The molecule has 1 fully saturated rings. The zero-order valence-corrected chi connectivity index (χ0v) is 27.6. The molecule has 3 atom stereocenters. The van der Waals surface area contributed by atoms with Crippen LogP contribution in [-0.4, -0.2) is 61.2 Å². The number of fused-ring (bicyclic) bond motifs is 1. The van der Waals surface area contributed by atoms with Crippen molar-refractivity contribution in [1.82, 2.24) is 15.2 Å². The lowest BCUT2D eigenvalue weighted by molar-refractivity contribution is 0.0128. The highest BCUT2D eigenvalue weighted by Gasteiger charge is 2.49. The van der Waals surface area contributed by atoms with Crippen molar-refractivity contribution in [1.29, 1.82) is 0 Å². The van der Waals surface area contributed by atoms with Gasteiger partial charge in [0.05, 0.1) is 12.1 Å². The zero-order valence-electron chi connectivity index (χ0n) is 26.6. The number of nitrogens with one attached hydrogen (secondary N) is 2. The average molecular weight is 612 g/mol. The van der Waals surface area contributed by atoms with Crippen LogP contribution >= 0.6 is 0 Å². The highest BCUT2D eigenvalue weighted by Crippen LogP contribution is 2.43. The van der Waals surface area contributed by atoms with Crippen LogP contribution in [0.5, 0.6) is 0 Å². The van der Waals surface area contributed by atoms with E-state index in [-0.39, 0.29) is 30.1 Å². The van der Waals surface area contributed by atoms with Gasteiger partial charge in [-0.1, -0.05) is 51.1 Å². The number of alkyl carbamates (subject to hydrolysis) is 1. The summed E-state index contributed by atoms with van der Waals surface area (Å²) in [4.78, 5) is 31.5. The number of aromatic amines is 1. The maximum Gasteiger partial charge on any atom is 0.410 e. The number of amides is 2. The first-order valence-electron chi connectivity index (χ1n) is 14.9. The van der Waals surface area contributed by atoms with E-state index in [2.05, 4.69) is 44.2 Å². The van der Waals surface area contributed by atoms with Crippen molar-refractivity contribution in [2.24, 2.45) is 0 Å². The van der Waals surface area contributed by atoms with Crippen LogP contribution in [0, 0.1) is 5.82 Å². The van der Waals surface area contributed by atoms with Crippen LogP contribution in [0.2, 0.25) is 18.1 Å². The van der Waals surface area contributed by atoms with Gasteiger partial charge in [-0.05, 0) is 74.7 Å². The first kappa shape index (κ1) is 32.5. The van der Waals surface area contributed by atoms with Gasteiger partial charge < -0.3 is 29.1 Å². The van der Waals surface area contributed by atoms with Gasteiger partial charge in [0.2, 0.25) is 0 Å². The highest BCUT2D eigenvalue weighted by molar-refractivity contribution is 6.74. The number of H-pyrrole nitrogens is 1. The monoisotopic (exact) mass is 611 g/mol. The van der Waals surface area contributed by atoms with Crippen molar-refractivity contribution in [2.75, 3.05) is 13.1 Å². The molecule has 3 aromatic rings. The van der Waals surface area contributed by atoms with Crippen molar-refractivity contribution in [3.63, 3.8) is 0 Å². The summed E-state index contributed by atoms with van der Waals surface area (Å²) in [6.45, 7) is 17.2. The molecule has 1 aliphatic rings. The van der Waals surface area contributed by atoms with Crippen LogP contribution in [0.1, 0.15) is 65.0 Å². The fraction of sp³-hybridized carbons (Fsp3) is 0.515. The molecule has 0 aliphatic carbocycles. The number of rotatable bonds is 8. The Balaban J connectivity index is 1.71. The Morgan fingerprint density at radius 1 is 1.09 bits per heavy atom. The molecule has 2 amide bonds. The minimum absolute atomic E-state index is 0.0514. The zero-order chi connectivity index (χ0) is 31.6. The largest absolute Gasteiger partial charge is 0.445 e. The number of halogens is 1. The lowest BCUT2D eigenvalue weighted by Gasteiger charge is -2.42. The minimum atomic E-state index is -2.26. The van der Waals surface area contributed by atoms with Crippen molar-refractivity contribution < 1.29 is 27.9 Å². The molecule has 1 saturated heterocycles. The summed E-state index contributed by atoms with van der Waals surface area (Å²) in [5, 5.41) is 3.71. The SMILES string of the molecule is CC(C)(C)OC(=O)N1CC[C@H](O[Si](C)(C)C(C)(C)C)[C@H]1C(CNC(=O)OCc1ccccc1)c1c[nH]c2cc(F)ccc12. The molecule has 0 spiro atoms. The predicted octanol–water partition coefficient (Wildman–Crippen LogP) is 7.72. The number of hydrogen-bond donors (Lipinski definition) is 2. The third-order valence-corrected chi connectivity index (χ3v) is 12.9. The van der Waals surface area contributed by atoms with Crippen LogP contribution in [0.15, 0.2) is 54.7 Å². The van der Waals surface area contributed by atoms with Gasteiger partial charge >= 0.3 is 12.2 Å². The third kappa shape index (κ3) is 7.97. The third-order valence-electron chi connectivity index (χ3n) is 8.44. The molecule has 4 rings (SSSR count). The molecule has 0 bridgehead atoms. The van der Waals surface area contributed by atoms with Gasteiger partial charge in [-0.3, -0.25) is 0 Å². The molecule has 1 aromatic heterocycles. The van der Waals surface area contributed by atoms with Crippen molar-refractivity contribution in [3.8, 4) is 0 Å². The normalized spacial score (nSPS) is 18.5. The van der Waals surface area contributed by atoms with Crippen molar-refractivity contribution in [3.05, 3.63) is 71.7 Å². The van der Waals surface area contributed by atoms with Gasteiger partial charge in [-0.25, -0.2) is 14.0 Å². The Hall–Kier alpha value is -3.37. The molecule has 1 aliphatic heterocycles. The van der Waals surface area contributed by atoms with Crippen LogP contribution in [-0.2, 0) is 20.5 Å². The molecule has 234 valence electrons. The van der Waals surface area contributed by atoms with Crippen molar-refractivity contribution >= 4 is 31.4 Å². The standard InChI is InChI=1S/C33H46FN3O5Si/c1-32(2,3)41-31(39)37-17-16-28(42-43(7,8)33(4,5)6)29(37)26(25-19-35-27-18-23(34)14-15-24(25)27)20-36-30(38)40-21-22-12-10-9-11-13-22/h9-15,18-19,26,28-29,35H,16-17,20-21H2,1-8H3,(H,36,38)/t26?,28-,29+/m0/s1. The number of carbonyl (C=O) groups excluding carboxylic acids is 2. The Kier molecular flexibility index (Phi) is 9.61. The van der Waals surface area contributed by atoms with Crippen LogP contribution in [0.25, 0.3) is 10.9 Å². The topological polar surface area (TPSA) is 92.9 Å². The smallest absolute Gasteiger partial charge is 0.410 e. The van der Waals surface area contributed by atoms with E-state index in [0.29, 0.717) is 18.5 Å². The van der Waals surface area contributed by atoms with Gasteiger partial charge in [0.1, 0.15) is 18.0 Å². The van der Waals surface area contributed by atoms with Gasteiger partial charge in [0, 0.05) is 36.1 Å². The van der Waals surface area contributed by atoms with E-state index in [1.165, 1.54) is 12.1 Å². The Bertz CT molecular complexity index is 1410. The summed E-state index contributed by atoms with van der Waals surface area (Å²) in [6.07, 6.45) is 1.17. The number of carbonyl (C=O) groups is 2. The first-order valence-corrected chi connectivity index (χ1v) is 17.8. The number of nitrogens with zero attached hydrogens (tertiary/aromatic N) is 1. The second-order valence-corrected chi connectivity index (χ2v) is 18.6. The predicted molar refractivity (Wildman–Crippen MR) is 169 cm³/mol. The van der Waals surface area contributed by atoms with Crippen molar-refractivity contribution in [2.45, 2.75) is 96.4 Å². The van der Waals surface area contributed by atoms with E-state index < -0.39 is 38.1 Å². The number of benzene rings is 2. The number of aromatic nitrogens is 1. The molecular formula is C33H46FN3O5Si. The van der Waals surface area contributed by atoms with Crippen LogP contribution in [0.4, 0.5) is 14.0 Å². The minimum Gasteiger partial charge on any atom is -0.445 e. The molecule has 2 N–H and O–H groups in total. The fourth-order valence-corrected chi connectivity index (χ4v) is 6.66. The van der Waals surface area contributed by atoms with Crippen LogP contribution < -0.4 is 5.32 Å². The number of ether oxygens (including phenoxy) is 2. The second kappa shape index (κ2) is 12.7. The second-order valence-electron chi connectivity index (χ2n) is 13.9. The van der Waals surface area contributed by atoms with E-state index in [4.69, 9.17) is 13.9 Å². The van der Waals surface area contributed by atoms with Gasteiger partial charge in [0.25, 0.3) is 0 Å². The molecule has 2 heterocycles. The van der Waals surface area contributed by atoms with Gasteiger partial charge in [0.15, 0.2) is 8.32 Å². The Morgan fingerprint density at radius 3 is 2.44 bits per heavy atom. The maximum absolute atomic E-state index is 14.1. The fourth-order valence-electron chi connectivity index (χ4n) is 5.29. The molecule has 2 aromatic carbocycles. The molecule has 0 saturated carbocycles. The molecule has 43 heavy (non-hydrogen) atoms. The summed E-state index contributed by atoms with van der Waals surface area (Å²) in [7, 11) is -2.26. The lowest BCUT2D eigenvalue weighted by atomic mass is 9.88. The molecular weight excluding hydrogens is 565 g/mol. The number of likely N-dealkylation sites (tertiary alicyclic amines) is 1. The Labute approximate surface area is 255 Å². The van der Waals surface area contributed by atoms with Gasteiger partial charge in [-0.2, -0.15) is 0 Å². The molecule has 10 heteroatoms. The molecule has 8 nitrogen and oxygen atoms in total. The van der Waals surface area contributed by atoms with E-state index in [1.54, 1.807) is 11.0 Å². The molecule has 0 radical (unpaired) electrons. The van der Waals surface area contributed by atoms with E-state index >= 15 is 0 Å². The summed E-state index contributed by atoms with van der Waals surface area (Å²) >= 11 is 0. The highest BCUT2D eigenvalue weighted by atomic mass is 28.4. The van der Waals surface area contributed by atoms with E-state index in [1.807, 2.05) is 57.3 Å². The Morgan fingerprint density at radius 2 is 1.79 bits per heavy atom. The summed E-state index contributed by atoms with van der Waals surface area (Å²) in [5.74, 6) is -0.760. The molecule has 1 unspecified atom stereocenters. The summed E-state index contributed by atoms with van der Waals surface area (Å²) < 4.78 is 32.5. The number of hydrogen-bond acceptors (Lipinski definition) is 5. The van der Waals surface area contributed by atoms with Gasteiger partial charge in [-0.15, -0.1) is 0 Å².